The summed E-state index contributed by atoms with van der Waals surface area (Å²) in [4.78, 5) is 3.40. The van der Waals surface area contributed by atoms with Crippen LogP contribution >= 0.6 is 11.3 Å². The summed E-state index contributed by atoms with van der Waals surface area (Å²) in [5.74, 6) is 0. The van der Waals surface area contributed by atoms with Gasteiger partial charge in [-0.2, -0.15) is 0 Å². The Kier molecular flexibility index (Phi) is 6.19. The third-order valence-corrected chi connectivity index (χ3v) is 6.96. The van der Waals surface area contributed by atoms with Crippen molar-refractivity contribution < 1.29 is 8.42 Å². The van der Waals surface area contributed by atoms with E-state index in [4.69, 9.17) is 0 Å². The largest absolute Gasteiger partial charge is 0.319 e. The van der Waals surface area contributed by atoms with Crippen LogP contribution in [-0.4, -0.2) is 52.6 Å². The van der Waals surface area contributed by atoms with Gasteiger partial charge in [-0.05, 0) is 58.1 Å². The summed E-state index contributed by atoms with van der Waals surface area (Å²) in [5.41, 5.74) is 0. The zero-order valence-corrected chi connectivity index (χ0v) is 14.4. The van der Waals surface area contributed by atoms with Crippen LogP contribution in [0.4, 0.5) is 0 Å². The normalized spacial score (nSPS) is 20.8. The lowest BCUT2D eigenvalue weighted by Crippen LogP contribution is -2.47. The van der Waals surface area contributed by atoms with Crippen LogP contribution in [0.25, 0.3) is 0 Å². The average molecular weight is 332 g/mol. The molecule has 0 spiro atoms. The van der Waals surface area contributed by atoms with Gasteiger partial charge in [-0.3, -0.25) is 0 Å². The molecule has 1 saturated heterocycles. The molecule has 7 heteroatoms. The van der Waals surface area contributed by atoms with Gasteiger partial charge < -0.3 is 10.2 Å². The van der Waals surface area contributed by atoms with Gasteiger partial charge in [-0.15, -0.1) is 11.3 Å². The fraction of sp³-hybridized carbons (Fsp3) is 0.714. The second kappa shape index (κ2) is 7.69. The number of piperidine rings is 1. The fourth-order valence-corrected chi connectivity index (χ4v) is 5.24. The lowest BCUT2D eigenvalue weighted by molar-refractivity contribution is 0.211. The van der Waals surface area contributed by atoms with Crippen LogP contribution in [0.3, 0.4) is 0 Å². The second-order valence-corrected chi connectivity index (χ2v) is 8.54. The van der Waals surface area contributed by atoms with Crippen molar-refractivity contribution in [3.05, 3.63) is 17.0 Å². The number of likely N-dealkylation sites (tertiary alicyclic amines) is 1. The fourth-order valence-electron chi connectivity index (χ4n) is 2.60. The molecule has 1 aromatic heterocycles. The first-order valence-corrected chi connectivity index (χ1v) is 9.83. The molecule has 0 bridgehead atoms. The van der Waals surface area contributed by atoms with Gasteiger partial charge in [0.1, 0.15) is 4.21 Å². The Morgan fingerprint density at radius 3 is 2.95 bits per heavy atom. The highest BCUT2D eigenvalue weighted by atomic mass is 32.2. The summed E-state index contributed by atoms with van der Waals surface area (Å²) in [7, 11) is -1.48. The number of rotatable bonds is 7. The number of nitrogens with one attached hydrogen (secondary N) is 2. The Labute approximate surface area is 131 Å². The van der Waals surface area contributed by atoms with E-state index in [1.54, 1.807) is 6.07 Å². The molecule has 2 N–H and O–H groups in total. The second-order valence-electron chi connectivity index (χ2n) is 5.43. The molecule has 21 heavy (non-hydrogen) atoms. The molecular weight excluding hydrogens is 306 g/mol. The first kappa shape index (κ1) is 16.9. The Hall–Kier alpha value is -0.470. The van der Waals surface area contributed by atoms with Gasteiger partial charge in [0.25, 0.3) is 0 Å². The van der Waals surface area contributed by atoms with Crippen LogP contribution in [0.1, 0.15) is 24.6 Å². The van der Waals surface area contributed by atoms with Gasteiger partial charge in [0.15, 0.2) is 0 Å². The number of hydrogen-bond donors (Lipinski definition) is 2. The first-order valence-electron chi connectivity index (χ1n) is 7.53. The van der Waals surface area contributed by atoms with Crippen LogP contribution in [0.5, 0.6) is 0 Å². The lowest BCUT2D eigenvalue weighted by Gasteiger charge is -2.31. The van der Waals surface area contributed by atoms with Gasteiger partial charge >= 0.3 is 0 Å². The summed E-state index contributed by atoms with van der Waals surface area (Å²) < 4.78 is 28.2. The van der Waals surface area contributed by atoms with Crippen molar-refractivity contribution in [3.8, 4) is 0 Å². The molecule has 2 heterocycles. The first-order chi connectivity index (χ1) is 10.0. The molecule has 0 amide bonds. The zero-order chi connectivity index (χ0) is 15.3. The van der Waals surface area contributed by atoms with Gasteiger partial charge in [0, 0.05) is 17.5 Å². The standard InChI is InChI=1S/C14H25N3O2S2/c1-3-17-10-4-5-12(11-17)16-21(18,19)14-7-6-13(20-14)8-9-15-2/h6-7,12,15-16H,3-5,8-11H2,1-2H3. The third-order valence-electron chi connectivity index (χ3n) is 3.80. The molecule has 0 aliphatic carbocycles. The predicted molar refractivity (Wildman–Crippen MR) is 87.4 cm³/mol. The quantitative estimate of drug-likeness (QED) is 0.790. The van der Waals surface area contributed by atoms with E-state index in [9.17, 15) is 8.42 Å². The third kappa shape index (κ3) is 4.75. The van der Waals surface area contributed by atoms with E-state index < -0.39 is 10.0 Å². The maximum absolute atomic E-state index is 12.4. The van der Waals surface area contributed by atoms with Crippen LogP contribution < -0.4 is 10.0 Å². The molecule has 2 rings (SSSR count). The number of sulfonamides is 1. The minimum absolute atomic E-state index is 0.0339. The van der Waals surface area contributed by atoms with Crippen molar-refractivity contribution in [3.63, 3.8) is 0 Å². The summed E-state index contributed by atoms with van der Waals surface area (Å²) in [6, 6.07) is 3.67. The van der Waals surface area contributed by atoms with Crippen molar-refractivity contribution in [1.82, 2.24) is 14.9 Å². The summed E-state index contributed by atoms with van der Waals surface area (Å²) >= 11 is 1.37. The minimum Gasteiger partial charge on any atom is -0.319 e. The van der Waals surface area contributed by atoms with E-state index >= 15 is 0 Å². The maximum Gasteiger partial charge on any atom is 0.250 e. The number of thiophene rings is 1. The lowest BCUT2D eigenvalue weighted by atomic mass is 10.1. The van der Waals surface area contributed by atoms with Crippen LogP contribution in [0.2, 0.25) is 0 Å². The monoisotopic (exact) mass is 331 g/mol. The smallest absolute Gasteiger partial charge is 0.250 e. The molecular formula is C14H25N3O2S2. The van der Waals surface area contributed by atoms with Gasteiger partial charge in [-0.1, -0.05) is 6.92 Å². The molecule has 0 saturated carbocycles. The van der Waals surface area contributed by atoms with Gasteiger partial charge in [0.2, 0.25) is 10.0 Å². The molecule has 1 atom stereocenters. The number of likely N-dealkylation sites (N-methyl/N-ethyl adjacent to an activating group) is 2. The highest BCUT2D eigenvalue weighted by Gasteiger charge is 2.25. The Bertz CT molecular complexity index is 542. The summed E-state index contributed by atoms with van der Waals surface area (Å²) in [6.45, 7) is 5.84. The van der Waals surface area contributed by atoms with E-state index in [2.05, 4.69) is 21.9 Å². The van der Waals surface area contributed by atoms with E-state index in [1.807, 2.05) is 13.1 Å². The van der Waals surface area contributed by atoms with Crippen LogP contribution in [0.15, 0.2) is 16.3 Å². The van der Waals surface area contributed by atoms with Crippen molar-refractivity contribution in [2.24, 2.45) is 0 Å². The topological polar surface area (TPSA) is 61.4 Å². The molecule has 0 radical (unpaired) electrons. The van der Waals surface area contributed by atoms with E-state index in [0.29, 0.717) is 4.21 Å². The highest BCUT2D eigenvalue weighted by Crippen LogP contribution is 2.23. The van der Waals surface area contributed by atoms with Crippen LogP contribution in [0, 0.1) is 0 Å². The Balaban J connectivity index is 1.99. The van der Waals surface area contributed by atoms with Crippen LogP contribution in [-0.2, 0) is 16.4 Å². The predicted octanol–water partition coefficient (Wildman–Crippen LogP) is 1.27. The summed E-state index contributed by atoms with van der Waals surface area (Å²) in [6.07, 6.45) is 2.84. The number of nitrogens with zero attached hydrogens (tertiary/aromatic N) is 1. The number of hydrogen-bond acceptors (Lipinski definition) is 5. The Morgan fingerprint density at radius 1 is 1.43 bits per heavy atom. The molecule has 0 aromatic carbocycles. The molecule has 1 aliphatic heterocycles. The molecule has 1 aromatic rings. The van der Waals surface area contributed by atoms with Crippen molar-refractivity contribution in [2.45, 2.75) is 36.4 Å². The molecule has 1 aliphatic rings. The Morgan fingerprint density at radius 2 is 2.24 bits per heavy atom. The van der Waals surface area contributed by atoms with Gasteiger partial charge in [-0.25, -0.2) is 13.1 Å². The molecule has 1 fully saturated rings. The molecule has 5 nitrogen and oxygen atoms in total. The van der Waals surface area contributed by atoms with E-state index in [1.165, 1.54) is 11.3 Å². The average Bonchev–Trinajstić information content (AvgIpc) is 2.94. The van der Waals surface area contributed by atoms with Crippen molar-refractivity contribution in [2.75, 3.05) is 33.2 Å². The summed E-state index contributed by atoms with van der Waals surface area (Å²) in [5, 5.41) is 3.08. The van der Waals surface area contributed by atoms with Crippen molar-refractivity contribution >= 4 is 21.4 Å². The SMILES string of the molecule is CCN1CCCC(NS(=O)(=O)c2ccc(CCNC)s2)C1. The van der Waals surface area contributed by atoms with Crippen molar-refractivity contribution in [1.29, 1.82) is 0 Å². The van der Waals surface area contributed by atoms with E-state index in [0.717, 1.165) is 50.3 Å². The van der Waals surface area contributed by atoms with Gasteiger partial charge in [0.05, 0.1) is 0 Å². The minimum atomic E-state index is -3.37. The zero-order valence-electron chi connectivity index (χ0n) is 12.8. The highest BCUT2D eigenvalue weighted by molar-refractivity contribution is 7.91. The molecule has 120 valence electrons. The van der Waals surface area contributed by atoms with E-state index in [-0.39, 0.29) is 6.04 Å². The maximum atomic E-state index is 12.4. The molecule has 1 unspecified atom stereocenters.